The lowest BCUT2D eigenvalue weighted by atomic mass is 9.94. The van der Waals surface area contributed by atoms with Crippen molar-refractivity contribution in [2.24, 2.45) is 5.73 Å². The van der Waals surface area contributed by atoms with Gasteiger partial charge in [-0.25, -0.2) is 0 Å². The van der Waals surface area contributed by atoms with Crippen molar-refractivity contribution in [3.63, 3.8) is 0 Å². The molecule has 1 aromatic heterocycles. The lowest BCUT2D eigenvalue weighted by Gasteiger charge is -2.33. The number of hydrogen-bond acceptors (Lipinski definition) is 8. The standard InChI is InChI=1S/C28H32ClN5O5S/c1-38-20-13-12-16(14-21(20)39-2)24(27(36)32-18-9-4-3-5-10-18)34(15-17-8-6-7-11-19(17)29)28(37)25-22(30)23(26(31)35)33-40-25/h6-8,11-14,18,24H,3-5,9-10,15,30H2,1-2H3,(H2,31,35)(H,32,36)/t24-/m1/s1. The molecule has 0 bridgehead atoms. The lowest BCUT2D eigenvalue weighted by molar-refractivity contribution is -0.127. The zero-order chi connectivity index (χ0) is 28.8. The molecule has 1 atom stereocenters. The van der Waals surface area contributed by atoms with Gasteiger partial charge in [0.25, 0.3) is 11.8 Å². The summed E-state index contributed by atoms with van der Waals surface area (Å²) in [6, 6.07) is 11.0. The number of ether oxygens (including phenoxy) is 2. The van der Waals surface area contributed by atoms with E-state index in [1.54, 1.807) is 42.5 Å². The Kier molecular flexibility index (Phi) is 9.49. The van der Waals surface area contributed by atoms with Gasteiger partial charge in [-0.05, 0) is 53.7 Å². The molecule has 0 unspecified atom stereocenters. The second-order valence-electron chi connectivity index (χ2n) is 9.52. The fourth-order valence-corrected chi connectivity index (χ4v) is 5.83. The average Bonchev–Trinajstić information content (AvgIpc) is 3.35. The maximum atomic E-state index is 14.2. The van der Waals surface area contributed by atoms with Crippen LogP contribution in [0.25, 0.3) is 0 Å². The summed E-state index contributed by atoms with van der Waals surface area (Å²) in [6.07, 6.45) is 4.86. The first-order valence-corrected chi connectivity index (χ1v) is 14.0. The van der Waals surface area contributed by atoms with Gasteiger partial charge < -0.3 is 31.2 Å². The summed E-state index contributed by atoms with van der Waals surface area (Å²) >= 11 is 7.25. The minimum atomic E-state index is -1.11. The van der Waals surface area contributed by atoms with Crippen LogP contribution in [0.4, 0.5) is 5.69 Å². The van der Waals surface area contributed by atoms with Crippen molar-refractivity contribution in [3.05, 3.63) is 69.2 Å². The van der Waals surface area contributed by atoms with Gasteiger partial charge in [0.2, 0.25) is 5.91 Å². The molecule has 2 aromatic carbocycles. The fourth-order valence-electron chi connectivity index (χ4n) is 4.87. The number of nitrogens with one attached hydrogen (secondary N) is 1. The smallest absolute Gasteiger partial charge is 0.270 e. The maximum absolute atomic E-state index is 14.2. The molecule has 40 heavy (non-hydrogen) atoms. The van der Waals surface area contributed by atoms with Crippen LogP contribution >= 0.6 is 23.1 Å². The van der Waals surface area contributed by atoms with Crippen LogP contribution in [0, 0.1) is 0 Å². The van der Waals surface area contributed by atoms with Crippen molar-refractivity contribution >= 4 is 46.5 Å². The van der Waals surface area contributed by atoms with Gasteiger partial charge in [0.15, 0.2) is 17.2 Å². The number of rotatable bonds is 10. The van der Waals surface area contributed by atoms with E-state index in [4.69, 9.17) is 32.5 Å². The summed E-state index contributed by atoms with van der Waals surface area (Å²) in [5.74, 6) is -0.941. The number of hydrogen-bond donors (Lipinski definition) is 3. The largest absolute Gasteiger partial charge is 0.493 e. The van der Waals surface area contributed by atoms with Gasteiger partial charge in [0.1, 0.15) is 10.9 Å². The first kappa shape index (κ1) is 29.2. The van der Waals surface area contributed by atoms with Gasteiger partial charge in [0.05, 0.1) is 19.9 Å². The van der Waals surface area contributed by atoms with Crippen molar-refractivity contribution in [3.8, 4) is 11.5 Å². The highest BCUT2D eigenvalue weighted by Crippen LogP contribution is 2.36. The predicted octanol–water partition coefficient (Wildman–Crippen LogP) is 4.33. The van der Waals surface area contributed by atoms with E-state index in [1.165, 1.54) is 19.1 Å². The molecule has 1 aliphatic rings. The second-order valence-corrected chi connectivity index (χ2v) is 10.7. The molecule has 1 fully saturated rings. The summed E-state index contributed by atoms with van der Waals surface area (Å²) < 4.78 is 14.9. The van der Waals surface area contributed by atoms with Crippen molar-refractivity contribution in [2.75, 3.05) is 20.0 Å². The van der Waals surface area contributed by atoms with E-state index in [0.717, 1.165) is 43.6 Å². The zero-order valence-corrected chi connectivity index (χ0v) is 23.9. The molecule has 4 rings (SSSR count). The minimum Gasteiger partial charge on any atom is -0.493 e. The zero-order valence-electron chi connectivity index (χ0n) is 22.3. The third kappa shape index (κ3) is 6.31. The highest BCUT2D eigenvalue weighted by atomic mass is 35.5. The molecule has 0 radical (unpaired) electrons. The number of carbonyl (C=O) groups is 3. The van der Waals surface area contributed by atoms with E-state index in [9.17, 15) is 14.4 Å². The monoisotopic (exact) mass is 585 g/mol. The van der Waals surface area contributed by atoms with Gasteiger partial charge in [-0.1, -0.05) is 55.1 Å². The summed E-state index contributed by atoms with van der Waals surface area (Å²) in [5, 5.41) is 3.58. The van der Waals surface area contributed by atoms with E-state index in [0.29, 0.717) is 27.6 Å². The van der Waals surface area contributed by atoms with E-state index in [-0.39, 0.29) is 34.8 Å². The molecule has 3 amide bonds. The second kappa shape index (κ2) is 13.0. The molecular weight excluding hydrogens is 554 g/mol. The van der Waals surface area contributed by atoms with Gasteiger partial charge in [-0.3, -0.25) is 14.4 Å². The van der Waals surface area contributed by atoms with Gasteiger partial charge in [-0.15, -0.1) is 0 Å². The minimum absolute atomic E-state index is 0.00297. The first-order chi connectivity index (χ1) is 19.2. The van der Waals surface area contributed by atoms with Crippen LogP contribution in [0.1, 0.15) is 69.4 Å². The molecule has 0 aliphatic heterocycles. The molecule has 212 valence electrons. The number of methoxy groups -OCH3 is 2. The molecular formula is C28H32ClN5O5S. The van der Waals surface area contributed by atoms with Crippen molar-refractivity contribution in [2.45, 2.75) is 50.7 Å². The van der Waals surface area contributed by atoms with Crippen molar-refractivity contribution in [1.29, 1.82) is 0 Å². The van der Waals surface area contributed by atoms with Crippen LogP contribution in [0.15, 0.2) is 42.5 Å². The number of halogens is 1. The van der Waals surface area contributed by atoms with Gasteiger partial charge in [0, 0.05) is 17.6 Å². The van der Waals surface area contributed by atoms with Crippen LogP contribution in [0.2, 0.25) is 5.02 Å². The molecule has 1 saturated carbocycles. The number of aromatic nitrogens is 1. The van der Waals surface area contributed by atoms with Crippen LogP contribution < -0.4 is 26.3 Å². The number of primary amides is 1. The quantitative estimate of drug-likeness (QED) is 0.320. The highest BCUT2D eigenvalue weighted by molar-refractivity contribution is 7.09. The van der Waals surface area contributed by atoms with Crippen LogP contribution in [0.3, 0.4) is 0 Å². The Morgan fingerprint density at radius 1 is 1.10 bits per heavy atom. The first-order valence-electron chi connectivity index (χ1n) is 12.9. The van der Waals surface area contributed by atoms with Crippen LogP contribution in [-0.2, 0) is 11.3 Å². The Balaban J connectivity index is 1.85. The van der Waals surface area contributed by atoms with Crippen LogP contribution in [-0.4, -0.2) is 47.3 Å². The number of nitrogens with zero attached hydrogens (tertiary/aromatic N) is 2. The number of anilines is 1. The van der Waals surface area contributed by atoms with Crippen molar-refractivity contribution in [1.82, 2.24) is 14.6 Å². The third-order valence-corrected chi connectivity index (χ3v) is 8.17. The highest BCUT2D eigenvalue weighted by Gasteiger charge is 2.36. The molecule has 5 N–H and O–H groups in total. The molecule has 3 aromatic rings. The summed E-state index contributed by atoms with van der Waals surface area (Å²) in [5.41, 5.74) is 12.3. The maximum Gasteiger partial charge on any atom is 0.270 e. The van der Waals surface area contributed by atoms with Crippen LogP contribution in [0.5, 0.6) is 11.5 Å². The van der Waals surface area contributed by atoms with Gasteiger partial charge >= 0.3 is 0 Å². The molecule has 10 nitrogen and oxygen atoms in total. The number of benzene rings is 2. The topological polar surface area (TPSA) is 150 Å². The predicted molar refractivity (Wildman–Crippen MR) is 154 cm³/mol. The van der Waals surface area contributed by atoms with E-state index in [2.05, 4.69) is 9.69 Å². The van der Waals surface area contributed by atoms with Gasteiger partial charge in [-0.2, -0.15) is 4.37 Å². The Bertz CT molecular complexity index is 1390. The lowest BCUT2D eigenvalue weighted by Crippen LogP contribution is -2.46. The molecule has 0 spiro atoms. The van der Waals surface area contributed by atoms with E-state index >= 15 is 0 Å². The number of nitrogens with two attached hydrogens (primary N) is 2. The molecule has 0 saturated heterocycles. The Morgan fingerprint density at radius 3 is 2.42 bits per heavy atom. The third-order valence-electron chi connectivity index (χ3n) is 6.95. The Hall–Kier alpha value is -3.83. The summed E-state index contributed by atoms with van der Waals surface area (Å²) in [6.45, 7) is -0.0289. The fraction of sp³-hybridized carbons (Fsp3) is 0.357. The number of carbonyl (C=O) groups excluding carboxylic acids is 3. The summed E-state index contributed by atoms with van der Waals surface area (Å²) in [7, 11) is 3.01. The number of amides is 3. The van der Waals surface area contributed by atoms with Crippen molar-refractivity contribution < 1.29 is 23.9 Å². The molecule has 1 heterocycles. The Labute approximate surface area is 241 Å². The Morgan fingerprint density at radius 2 is 1.80 bits per heavy atom. The normalized spacial score (nSPS) is 14.3. The number of nitrogen functional groups attached to an aromatic ring is 1. The van der Waals surface area contributed by atoms with E-state index in [1.807, 2.05) is 0 Å². The summed E-state index contributed by atoms with van der Waals surface area (Å²) in [4.78, 5) is 41.5. The van der Waals surface area contributed by atoms with E-state index < -0.39 is 17.9 Å². The molecule has 1 aliphatic carbocycles. The molecule has 12 heteroatoms. The average molecular weight is 586 g/mol. The SMILES string of the molecule is COc1ccc([C@H](C(=O)NC2CCCCC2)N(Cc2ccccc2Cl)C(=O)c2snc(C(N)=O)c2N)cc1OC.